The lowest BCUT2D eigenvalue weighted by Gasteiger charge is -2.21. The van der Waals surface area contributed by atoms with E-state index in [0.29, 0.717) is 19.4 Å². The maximum Gasteiger partial charge on any atom is 0.242 e. The van der Waals surface area contributed by atoms with Gasteiger partial charge >= 0.3 is 0 Å². The van der Waals surface area contributed by atoms with Crippen molar-refractivity contribution in [2.75, 3.05) is 20.6 Å². The van der Waals surface area contributed by atoms with E-state index >= 15 is 0 Å². The monoisotopic (exact) mass is 350 g/mol. The fourth-order valence-corrected chi connectivity index (χ4v) is 2.38. The molecular weight excluding hydrogens is 316 g/mol. The molecule has 5 N–H and O–H groups in total. The molecule has 2 amide bonds. The Morgan fingerprint density at radius 3 is 2.16 bits per heavy atom. The van der Waals surface area contributed by atoms with E-state index in [1.54, 1.807) is 14.1 Å². The summed E-state index contributed by atoms with van der Waals surface area (Å²) in [6, 6.07) is 8.89. The predicted molar refractivity (Wildman–Crippen MR) is 103 cm³/mol. The molecule has 0 aliphatic rings. The van der Waals surface area contributed by atoms with E-state index in [2.05, 4.69) is 16.0 Å². The Labute approximate surface area is 151 Å². The third kappa shape index (κ3) is 9.22. The van der Waals surface area contributed by atoms with E-state index in [0.717, 1.165) is 18.4 Å². The zero-order valence-electron chi connectivity index (χ0n) is 16.0. The lowest BCUT2D eigenvalue weighted by molar-refractivity contribution is -0.129. The highest BCUT2D eigenvalue weighted by Crippen LogP contribution is 2.05. The number of benzene rings is 1. The molecule has 0 aliphatic heterocycles. The minimum absolute atomic E-state index is 0.169. The van der Waals surface area contributed by atoms with E-state index in [1.165, 1.54) is 0 Å². The number of carbonyl (C=O) groups is 2. The van der Waals surface area contributed by atoms with Crippen molar-refractivity contribution in [1.82, 2.24) is 16.0 Å². The number of hydrogen-bond donors (Lipinski definition) is 4. The average molecular weight is 351 g/mol. The number of rotatable bonds is 10. The summed E-state index contributed by atoms with van der Waals surface area (Å²) in [6.45, 7) is 4.58. The van der Waals surface area contributed by atoms with Crippen molar-refractivity contribution in [3.05, 3.63) is 35.9 Å². The van der Waals surface area contributed by atoms with E-state index in [1.807, 2.05) is 44.2 Å². The van der Waals surface area contributed by atoms with Crippen LogP contribution < -0.4 is 21.7 Å². The van der Waals surface area contributed by atoms with Crippen molar-refractivity contribution >= 4 is 11.8 Å². The van der Waals surface area contributed by atoms with Crippen molar-refractivity contribution in [1.29, 1.82) is 0 Å². The van der Waals surface area contributed by atoms with Crippen LogP contribution in [0.1, 0.15) is 38.7 Å². The maximum absolute atomic E-state index is 12.5. The van der Waals surface area contributed by atoms with Gasteiger partial charge in [-0.05, 0) is 44.8 Å². The molecule has 0 spiro atoms. The predicted octanol–water partition coefficient (Wildman–Crippen LogP) is 1.20. The minimum Gasteiger partial charge on any atom is -0.357 e. The van der Waals surface area contributed by atoms with Crippen LogP contribution >= 0.6 is 0 Å². The standard InChI is InChI=1S/C17H28N4O2.C2H6/c1-19-15(12-13-8-4-3-5-9-13)17(23)21-14(16(22)20-2)10-6-7-11-18;1-2/h3-5,8-9,14-15,19H,6-7,10-12,18H2,1-2H3,(H,20,22)(H,21,23);1-2H3/t14-,15-;/m0./s1. The molecule has 1 aromatic carbocycles. The van der Waals surface area contributed by atoms with Gasteiger partial charge in [-0.1, -0.05) is 44.2 Å². The molecule has 2 atom stereocenters. The molecule has 1 aromatic rings. The highest BCUT2D eigenvalue weighted by molar-refractivity contribution is 5.89. The molecule has 0 heterocycles. The largest absolute Gasteiger partial charge is 0.357 e. The first kappa shape index (κ1) is 23.1. The molecule has 0 unspecified atom stereocenters. The van der Waals surface area contributed by atoms with Gasteiger partial charge in [0.05, 0.1) is 6.04 Å². The molecule has 6 heteroatoms. The lowest BCUT2D eigenvalue weighted by Crippen LogP contribution is -2.52. The summed E-state index contributed by atoms with van der Waals surface area (Å²) in [5, 5.41) is 8.46. The van der Waals surface area contributed by atoms with Gasteiger partial charge in [-0.2, -0.15) is 0 Å². The summed E-state index contributed by atoms with van der Waals surface area (Å²) in [7, 11) is 3.32. The Hall–Kier alpha value is -1.92. The van der Waals surface area contributed by atoms with E-state index in [9.17, 15) is 9.59 Å². The van der Waals surface area contributed by atoms with Crippen LogP contribution in [0, 0.1) is 0 Å². The third-order valence-electron chi connectivity index (χ3n) is 3.77. The van der Waals surface area contributed by atoms with E-state index < -0.39 is 6.04 Å². The van der Waals surface area contributed by atoms with Crippen LogP contribution in [-0.2, 0) is 16.0 Å². The Morgan fingerprint density at radius 1 is 1.00 bits per heavy atom. The van der Waals surface area contributed by atoms with Crippen LogP contribution in [0.2, 0.25) is 0 Å². The number of likely N-dealkylation sites (N-methyl/N-ethyl adjacent to an activating group) is 2. The topological polar surface area (TPSA) is 96.2 Å². The summed E-state index contributed by atoms with van der Waals surface area (Å²) in [4.78, 5) is 24.4. The van der Waals surface area contributed by atoms with Crippen LogP contribution in [0.25, 0.3) is 0 Å². The van der Waals surface area contributed by atoms with Gasteiger partial charge in [0.1, 0.15) is 6.04 Å². The molecule has 0 aromatic heterocycles. The quantitative estimate of drug-likeness (QED) is 0.477. The minimum atomic E-state index is -0.523. The summed E-state index contributed by atoms with van der Waals surface area (Å²) >= 11 is 0. The molecule has 0 saturated heterocycles. The van der Waals surface area contributed by atoms with Gasteiger partial charge in [-0.15, -0.1) is 0 Å². The number of amides is 2. The van der Waals surface area contributed by atoms with Crippen LogP contribution in [-0.4, -0.2) is 44.5 Å². The molecular formula is C19H34N4O2. The second-order valence-electron chi connectivity index (χ2n) is 5.49. The Bertz CT molecular complexity index is 480. The Morgan fingerprint density at radius 2 is 1.64 bits per heavy atom. The smallest absolute Gasteiger partial charge is 0.242 e. The zero-order chi connectivity index (χ0) is 19.1. The van der Waals surface area contributed by atoms with Crippen LogP contribution in [0.4, 0.5) is 0 Å². The normalized spacial score (nSPS) is 12.4. The molecule has 0 saturated carbocycles. The lowest BCUT2D eigenvalue weighted by atomic mass is 10.0. The second kappa shape index (κ2) is 14.4. The molecule has 25 heavy (non-hydrogen) atoms. The summed E-state index contributed by atoms with van der Waals surface area (Å²) in [5.41, 5.74) is 6.55. The Kier molecular flexibility index (Phi) is 13.3. The van der Waals surface area contributed by atoms with Gasteiger partial charge in [-0.3, -0.25) is 9.59 Å². The van der Waals surface area contributed by atoms with Gasteiger partial charge in [0.2, 0.25) is 11.8 Å². The summed E-state index contributed by atoms with van der Waals surface area (Å²) in [5.74, 6) is -0.345. The highest BCUT2D eigenvalue weighted by atomic mass is 16.2. The van der Waals surface area contributed by atoms with Crippen LogP contribution in [0.5, 0.6) is 0 Å². The Balaban J connectivity index is 0.00000277. The van der Waals surface area contributed by atoms with Crippen molar-refractivity contribution in [2.45, 2.75) is 51.6 Å². The molecule has 1 rings (SSSR count). The van der Waals surface area contributed by atoms with Crippen molar-refractivity contribution in [3.8, 4) is 0 Å². The van der Waals surface area contributed by atoms with Crippen molar-refractivity contribution in [2.24, 2.45) is 5.73 Å². The van der Waals surface area contributed by atoms with Gasteiger partial charge < -0.3 is 21.7 Å². The van der Waals surface area contributed by atoms with Gasteiger partial charge in [-0.25, -0.2) is 0 Å². The number of carbonyl (C=O) groups excluding carboxylic acids is 2. The SMILES string of the molecule is CC.CNC(=O)[C@H](CCCCN)NC(=O)[C@H](Cc1ccccc1)NC. The molecule has 142 valence electrons. The first-order valence-electron chi connectivity index (χ1n) is 9.05. The first-order chi connectivity index (χ1) is 12.1. The van der Waals surface area contributed by atoms with Crippen LogP contribution in [0.3, 0.4) is 0 Å². The summed E-state index contributed by atoms with van der Waals surface area (Å²) in [6.07, 6.45) is 2.80. The molecule has 6 nitrogen and oxygen atoms in total. The van der Waals surface area contributed by atoms with Gasteiger partial charge in [0, 0.05) is 7.05 Å². The fourth-order valence-electron chi connectivity index (χ4n) is 2.38. The third-order valence-corrected chi connectivity index (χ3v) is 3.77. The highest BCUT2D eigenvalue weighted by Gasteiger charge is 2.24. The van der Waals surface area contributed by atoms with E-state index in [4.69, 9.17) is 5.73 Å². The number of nitrogens with one attached hydrogen (secondary N) is 3. The maximum atomic E-state index is 12.5. The van der Waals surface area contributed by atoms with Crippen LogP contribution in [0.15, 0.2) is 30.3 Å². The van der Waals surface area contributed by atoms with Gasteiger partial charge in [0.15, 0.2) is 0 Å². The molecule has 0 bridgehead atoms. The van der Waals surface area contributed by atoms with Gasteiger partial charge in [0.25, 0.3) is 0 Å². The van der Waals surface area contributed by atoms with Crippen molar-refractivity contribution < 1.29 is 9.59 Å². The van der Waals surface area contributed by atoms with Crippen molar-refractivity contribution in [3.63, 3.8) is 0 Å². The summed E-state index contributed by atoms with van der Waals surface area (Å²) < 4.78 is 0. The first-order valence-corrected chi connectivity index (χ1v) is 9.05. The van der Waals surface area contributed by atoms with E-state index in [-0.39, 0.29) is 17.9 Å². The molecule has 0 radical (unpaired) electrons. The average Bonchev–Trinajstić information content (AvgIpc) is 2.67. The molecule has 0 aliphatic carbocycles. The second-order valence-corrected chi connectivity index (χ2v) is 5.49. The number of nitrogens with two attached hydrogens (primary N) is 1. The number of hydrogen-bond acceptors (Lipinski definition) is 4. The zero-order valence-corrected chi connectivity index (χ0v) is 16.0. The molecule has 0 fully saturated rings. The fraction of sp³-hybridized carbons (Fsp3) is 0.579. The number of unbranched alkanes of at least 4 members (excludes halogenated alkanes) is 1.